The van der Waals surface area contributed by atoms with Crippen molar-refractivity contribution in [3.8, 4) is 23.0 Å². The predicted octanol–water partition coefficient (Wildman–Crippen LogP) is 5.09. The van der Waals surface area contributed by atoms with Crippen molar-refractivity contribution in [3.63, 3.8) is 0 Å². The molecule has 1 saturated carbocycles. The maximum atomic E-state index is 10.9. The molecule has 3 nitrogen and oxygen atoms in total. The minimum Gasteiger partial charge on any atom is -0.321 e. The Kier molecular flexibility index (Phi) is 6.14. The van der Waals surface area contributed by atoms with Crippen molar-refractivity contribution in [2.75, 3.05) is 0 Å². The van der Waals surface area contributed by atoms with Crippen LogP contribution in [-0.2, 0) is 16.5 Å². The van der Waals surface area contributed by atoms with E-state index < -0.39 is 0 Å². The molecule has 0 N–H and O–H groups in total. The van der Waals surface area contributed by atoms with Crippen LogP contribution in [0.2, 0.25) is 0 Å². The van der Waals surface area contributed by atoms with Gasteiger partial charge in [0.05, 0.1) is 13.9 Å². The number of rotatable bonds is 6. The SMILES string of the molecule is [B]C1(c2ccc(-c3ccc(C#C[C@@H](C)n4ccnc4CCC)cc3)cc2)CC(C=O)C1. The summed E-state index contributed by atoms with van der Waals surface area (Å²) in [5.41, 5.74) is 4.40. The lowest BCUT2D eigenvalue weighted by Gasteiger charge is -2.44. The Morgan fingerprint density at radius 2 is 1.81 bits per heavy atom. The first-order chi connectivity index (χ1) is 15.0. The summed E-state index contributed by atoms with van der Waals surface area (Å²) in [6.07, 6.45) is 8.39. The number of hydrogen-bond donors (Lipinski definition) is 0. The molecule has 1 aromatic heterocycles. The van der Waals surface area contributed by atoms with Crippen molar-refractivity contribution < 1.29 is 4.79 Å². The van der Waals surface area contributed by atoms with Crippen molar-refractivity contribution in [1.29, 1.82) is 0 Å². The fourth-order valence-electron chi connectivity index (χ4n) is 4.32. The number of imidazole rings is 1. The maximum Gasteiger partial charge on any atom is 0.123 e. The van der Waals surface area contributed by atoms with Crippen molar-refractivity contribution >= 4 is 14.1 Å². The van der Waals surface area contributed by atoms with Crippen LogP contribution >= 0.6 is 0 Å². The molecule has 0 unspecified atom stereocenters. The number of hydrogen-bond acceptors (Lipinski definition) is 2. The van der Waals surface area contributed by atoms with Gasteiger partial charge in [-0.3, -0.25) is 0 Å². The lowest BCUT2D eigenvalue weighted by molar-refractivity contribution is -0.114. The van der Waals surface area contributed by atoms with Gasteiger partial charge in [0.15, 0.2) is 0 Å². The maximum absolute atomic E-state index is 10.9. The number of carbonyl (C=O) groups is 1. The van der Waals surface area contributed by atoms with Gasteiger partial charge in [-0.25, -0.2) is 4.98 Å². The quantitative estimate of drug-likeness (QED) is 0.325. The van der Waals surface area contributed by atoms with Crippen molar-refractivity contribution in [2.24, 2.45) is 5.92 Å². The van der Waals surface area contributed by atoms with Crippen molar-refractivity contribution in [3.05, 3.63) is 77.9 Å². The molecule has 1 atom stereocenters. The van der Waals surface area contributed by atoms with E-state index in [-0.39, 0.29) is 17.3 Å². The number of nitrogens with zero attached hydrogens (tertiary/aromatic N) is 2. The molecule has 0 amide bonds. The number of carbonyl (C=O) groups excluding carboxylic acids is 1. The third kappa shape index (κ3) is 4.51. The van der Waals surface area contributed by atoms with Gasteiger partial charge in [-0.2, -0.15) is 0 Å². The fourth-order valence-corrected chi connectivity index (χ4v) is 4.32. The first-order valence-electron chi connectivity index (χ1n) is 11.0. The van der Waals surface area contributed by atoms with Crippen molar-refractivity contribution in [1.82, 2.24) is 9.55 Å². The molecule has 0 saturated heterocycles. The first kappa shape index (κ1) is 21.2. The minimum absolute atomic E-state index is 0.0881. The van der Waals surface area contributed by atoms with Crippen LogP contribution < -0.4 is 0 Å². The molecule has 4 rings (SSSR count). The van der Waals surface area contributed by atoms with Gasteiger partial charge in [-0.1, -0.05) is 60.7 Å². The minimum atomic E-state index is -0.355. The number of aryl methyl sites for hydroxylation is 1. The van der Waals surface area contributed by atoms with Gasteiger partial charge >= 0.3 is 0 Å². The summed E-state index contributed by atoms with van der Waals surface area (Å²) >= 11 is 0. The highest BCUT2D eigenvalue weighted by atomic mass is 16.1. The van der Waals surface area contributed by atoms with E-state index in [1.165, 1.54) is 0 Å². The number of aromatic nitrogens is 2. The summed E-state index contributed by atoms with van der Waals surface area (Å²) in [5, 5.41) is -0.355. The van der Waals surface area contributed by atoms with Crippen LogP contribution in [0, 0.1) is 17.8 Å². The fraction of sp³-hybridized carbons (Fsp3) is 0.333. The van der Waals surface area contributed by atoms with Gasteiger partial charge in [-0.05, 0) is 54.8 Å². The Morgan fingerprint density at radius 1 is 1.16 bits per heavy atom. The number of aldehydes is 1. The van der Waals surface area contributed by atoms with E-state index >= 15 is 0 Å². The molecule has 1 fully saturated rings. The van der Waals surface area contributed by atoms with Crippen LogP contribution in [-0.4, -0.2) is 23.7 Å². The van der Waals surface area contributed by atoms with Gasteiger partial charge in [0, 0.05) is 30.3 Å². The third-order valence-electron chi connectivity index (χ3n) is 6.19. The molecule has 0 aliphatic heterocycles. The highest BCUT2D eigenvalue weighted by Gasteiger charge is 2.40. The van der Waals surface area contributed by atoms with E-state index in [1.54, 1.807) is 0 Å². The molecule has 2 aromatic carbocycles. The summed E-state index contributed by atoms with van der Waals surface area (Å²) in [6, 6.07) is 16.8. The standard InChI is InChI=1S/C27H27BN2O/c1-3-4-26-29-15-16-30(26)20(2)5-6-21-7-9-23(10-8-21)24-11-13-25(14-12-24)27(28)17-22(18-27)19-31/h7-16,19-20,22H,3-4,17-18H2,1-2H3/t20-,22?,27?/m1/s1. The second-order valence-corrected chi connectivity index (χ2v) is 8.56. The topological polar surface area (TPSA) is 34.9 Å². The molecule has 31 heavy (non-hydrogen) atoms. The third-order valence-corrected chi connectivity index (χ3v) is 6.19. The van der Waals surface area contributed by atoms with Gasteiger partial charge in [-0.15, -0.1) is 0 Å². The predicted molar refractivity (Wildman–Crippen MR) is 126 cm³/mol. The van der Waals surface area contributed by atoms with Crippen LogP contribution in [0.3, 0.4) is 0 Å². The van der Waals surface area contributed by atoms with E-state index in [0.717, 1.165) is 60.0 Å². The van der Waals surface area contributed by atoms with Crippen LogP contribution in [0.25, 0.3) is 11.1 Å². The normalized spacial score (nSPS) is 20.9. The average molecular weight is 406 g/mol. The first-order valence-corrected chi connectivity index (χ1v) is 11.0. The lowest BCUT2D eigenvalue weighted by Crippen LogP contribution is -2.42. The molecule has 4 heteroatoms. The van der Waals surface area contributed by atoms with Crippen LogP contribution in [0.15, 0.2) is 60.9 Å². The zero-order valence-corrected chi connectivity index (χ0v) is 18.2. The highest BCUT2D eigenvalue weighted by molar-refractivity contribution is 6.17. The van der Waals surface area contributed by atoms with Gasteiger partial charge in [0.25, 0.3) is 0 Å². The summed E-state index contributed by atoms with van der Waals surface area (Å²) in [7, 11) is 6.44. The lowest BCUT2D eigenvalue weighted by atomic mass is 9.48. The van der Waals surface area contributed by atoms with Gasteiger partial charge in [0.1, 0.15) is 12.1 Å². The summed E-state index contributed by atoms with van der Waals surface area (Å²) in [5.74, 6) is 7.82. The smallest absolute Gasteiger partial charge is 0.123 e. The molecule has 0 bridgehead atoms. The Hall–Kier alpha value is -3.06. The Morgan fingerprint density at radius 3 is 2.42 bits per heavy atom. The van der Waals surface area contributed by atoms with E-state index in [1.807, 2.05) is 12.4 Å². The van der Waals surface area contributed by atoms with E-state index in [4.69, 9.17) is 7.85 Å². The molecule has 1 heterocycles. The zero-order valence-electron chi connectivity index (χ0n) is 18.2. The second kappa shape index (κ2) is 8.98. The molecule has 0 spiro atoms. The summed E-state index contributed by atoms with van der Waals surface area (Å²) < 4.78 is 2.15. The second-order valence-electron chi connectivity index (χ2n) is 8.56. The summed E-state index contributed by atoms with van der Waals surface area (Å²) in [6.45, 7) is 4.27. The average Bonchev–Trinajstić information content (AvgIpc) is 3.24. The highest BCUT2D eigenvalue weighted by Crippen LogP contribution is 2.44. The Labute approximate surface area is 186 Å². The zero-order chi connectivity index (χ0) is 21.8. The monoisotopic (exact) mass is 406 g/mol. The molecular formula is C27H27BN2O. The Bertz CT molecular complexity index is 1100. The molecule has 1 aliphatic rings. The van der Waals surface area contributed by atoms with Crippen molar-refractivity contribution in [2.45, 2.75) is 50.9 Å². The van der Waals surface area contributed by atoms with Crippen LogP contribution in [0.4, 0.5) is 0 Å². The number of benzene rings is 2. The van der Waals surface area contributed by atoms with Gasteiger partial charge < -0.3 is 9.36 Å². The van der Waals surface area contributed by atoms with Crippen LogP contribution in [0.1, 0.15) is 56.1 Å². The summed E-state index contributed by atoms with van der Waals surface area (Å²) in [4.78, 5) is 15.3. The largest absolute Gasteiger partial charge is 0.321 e. The van der Waals surface area contributed by atoms with E-state index in [9.17, 15) is 4.79 Å². The molecule has 1 aliphatic carbocycles. The molecule has 154 valence electrons. The molecule has 3 aromatic rings. The van der Waals surface area contributed by atoms with E-state index in [0.29, 0.717) is 0 Å². The van der Waals surface area contributed by atoms with E-state index in [2.05, 4.69) is 83.8 Å². The van der Waals surface area contributed by atoms with Gasteiger partial charge in [0.2, 0.25) is 0 Å². The molecule has 2 radical (unpaired) electrons. The van der Waals surface area contributed by atoms with Crippen LogP contribution in [0.5, 0.6) is 0 Å². The Balaban J connectivity index is 1.44. The molecular weight excluding hydrogens is 379 g/mol.